The normalized spacial score (nSPS) is 9.62. The molecule has 1 aromatic rings. The molecule has 0 saturated heterocycles. The van der Waals surface area contributed by atoms with Gasteiger partial charge in [0.15, 0.2) is 0 Å². The van der Waals surface area contributed by atoms with Gasteiger partial charge < -0.3 is 17.1 Å². The molecule has 0 aromatic carbocycles. The first-order valence-electron chi connectivity index (χ1n) is 5.08. The number of nitrogens with zero attached hydrogens (tertiary/aromatic N) is 1. The minimum absolute atomic E-state index is 0. The van der Waals surface area contributed by atoms with Crippen molar-refractivity contribution in [1.82, 2.24) is 4.98 Å². The van der Waals surface area contributed by atoms with Crippen LogP contribution in [0.25, 0.3) is 0 Å². The molecule has 1 rings (SSSR count). The molecule has 0 spiro atoms. The molecule has 3 nitrogen and oxygen atoms in total. The maximum atomic E-state index is 7.57. The van der Waals surface area contributed by atoms with Crippen LogP contribution in [0.3, 0.4) is 0 Å². The van der Waals surface area contributed by atoms with E-state index < -0.39 is 0 Å². The Hall–Kier alpha value is -0.216. The van der Waals surface area contributed by atoms with Crippen molar-refractivity contribution >= 4 is 0 Å². The first-order chi connectivity index (χ1) is 7.13. The van der Waals surface area contributed by atoms with E-state index in [0.29, 0.717) is 5.92 Å². The number of aromatic nitrogens is 1. The van der Waals surface area contributed by atoms with Crippen LogP contribution in [0.2, 0.25) is 0 Å². The van der Waals surface area contributed by atoms with Crippen molar-refractivity contribution in [2.45, 2.75) is 26.7 Å². The molecular formula is C12H22NO2Ti-. The molecule has 2 N–H and O–H groups in total. The van der Waals surface area contributed by atoms with E-state index in [9.17, 15) is 0 Å². The molecule has 0 amide bonds. The maximum absolute atomic E-state index is 7.57. The number of hydrogen-bond donors (Lipinski definition) is 2. The number of aliphatic hydroxyl groups is 2. The first-order valence-corrected chi connectivity index (χ1v) is 5.08. The van der Waals surface area contributed by atoms with Crippen LogP contribution < -0.4 is 0 Å². The van der Waals surface area contributed by atoms with Crippen LogP contribution in [0.5, 0.6) is 0 Å². The molecule has 0 fully saturated rings. The zero-order chi connectivity index (χ0) is 12.1. The van der Waals surface area contributed by atoms with Gasteiger partial charge in [-0.2, -0.15) is 0 Å². The minimum atomic E-state index is 0. The summed E-state index contributed by atoms with van der Waals surface area (Å²) in [6, 6.07) is 3.97. The van der Waals surface area contributed by atoms with Gasteiger partial charge in [0.05, 0.1) is 0 Å². The van der Waals surface area contributed by atoms with E-state index in [1.54, 1.807) is 26.2 Å². The zero-order valence-electron chi connectivity index (χ0n) is 10.3. The predicted octanol–water partition coefficient (Wildman–Crippen LogP) is 2.01. The summed E-state index contributed by atoms with van der Waals surface area (Å²) in [5.74, 6) is 0.369. The van der Waals surface area contributed by atoms with Crippen molar-refractivity contribution in [1.29, 1.82) is 0 Å². The first kappa shape index (κ1) is 21.1. The molecular weight excluding hydrogens is 238 g/mol. The van der Waals surface area contributed by atoms with Gasteiger partial charge in [-0.15, -0.1) is 5.92 Å². The van der Waals surface area contributed by atoms with Crippen LogP contribution in [-0.4, -0.2) is 28.4 Å². The Balaban J connectivity index is -0.000000207. The van der Waals surface area contributed by atoms with E-state index in [-0.39, 0.29) is 34.9 Å². The summed E-state index contributed by atoms with van der Waals surface area (Å²) >= 11 is 0. The Morgan fingerprint density at radius 1 is 1.19 bits per heavy atom. The van der Waals surface area contributed by atoms with Gasteiger partial charge in [-0.05, 0) is 26.0 Å². The van der Waals surface area contributed by atoms with Gasteiger partial charge in [-0.3, -0.25) is 4.98 Å². The summed E-state index contributed by atoms with van der Waals surface area (Å²) in [5.41, 5.74) is 1.24. The molecule has 1 heterocycles. The molecule has 1 aromatic heterocycles. The van der Waals surface area contributed by atoms with Crippen LogP contribution in [0.15, 0.2) is 24.5 Å². The zero-order valence-corrected chi connectivity index (χ0v) is 11.9. The van der Waals surface area contributed by atoms with Gasteiger partial charge in [-0.25, -0.2) is 0 Å². The van der Waals surface area contributed by atoms with Gasteiger partial charge in [0.1, 0.15) is 0 Å². The van der Waals surface area contributed by atoms with E-state index in [1.807, 2.05) is 12.1 Å². The summed E-state index contributed by atoms with van der Waals surface area (Å²) < 4.78 is 0. The molecule has 1 atom stereocenters. The van der Waals surface area contributed by atoms with Crippen molar-refractivity contribution in [3.8, 4) is 0 Å². The predicted molar refractivity (Wildman–Crippen MR) is 63.5 cm³/mol. The fourth-order valence-electron chi connectivity index (χ4n) is 0.692. The van der Waals surface area contributed by atoms with Crippen molar-refractivity contribution in [3.05, 3.63) is 37.0 Å². The van der Waals surface area contributed by atoms with Crippen LogP contribution in [0.1, 0.15) is 32.3 Å². The Labute approximate surface area is 114 Å². The Morgan fingerprint density at radius 2 is 1.50 bits per heavy atom. The summed E-state index contributed by atoms with van der Waals surface area (Å²) in [6.45, 7) is 9.81. The maximum Gasteiger partial charge on any atom is 0.0402 e. The fraction of sp³-hybridized carbons (Fsp3) is 0.500. The Bertz CT molecular complexity index is 203. The molecule has 0 radical (unpaired) electrons. The largest absolute Gasteiger partial charge is 0.397 e. The average molecular weight is 260 g/mol. The topological polar surface area (TPSA) is 53.4 Å². The Kier molecular flexibility index (Phi) is 22.7. The summed E-state index contributed by atoms with van der Waals surface area (Å²) in [6.07, 6.45) is 3.58. The van der Waals surface area contributed by atoms with E-state index in [2.05, 4.69) is 18.8 Å². The standard InChI is InChI=1S/C8H10N.2C2H6O.Ti/c1-7(2)8-3-5-9-6-4-8;2*1-2-3;/h3-7H,1H2,2H3;2*3H,2H2,1H3;/q-1;;;. The molecule has 0 aliphatic heterocycles. The number of hydrogen-bond acceptors (Lipinski definition) is 3. The SMILES string of the molecule is CCO.CCO.[CH2-]C(C)c1ccncc1.[Ti]. The second-order valence-electron chi connectivity index (χ2n) is 2.81. The number of rotatable bonds is 1. The quantitative estimate of drug-likeness (QED) is 0.600. The fourth-order valence-corrected chi connectivity index (χ4v) is 0.692. The smallest absolute Gasteiger partial charge is 0.0402 e. The average Bonchev–Trinajstić information content (AvgIpc) is 2.21. The van der Waals surface area contributed by atoms with E-state index >= 15 is 0 Å². The molecule has 1 unspecified atom stereocenters. The van der Waals surface area contributed by atoms with Gasteiger partial charge in [-0.1, -0.05) is 12.5 Å². The summed E-state index contributed by atoms with van der Waals surface area (Å²) in [7, 11) is 0. The minimum Gasteiger partial charge on any atom is -0.397 e. The number of pyridine rings is 1. The Morgan fingerprint density at radius 3 is 1.69 bits per heavy atom. The van der Waals surface area contributed by atoms with E-state index in [4.69, 9.17) is 10.2 Å². The van der Waals surface area contributed by atoms with Gasteiger partial charge >= 0.3 is 0 Å². The van der Waals surface area contributed by atoms with Crippen molar-refractivity contribution in [3.63, 3.8) is 0 Å². The third-order valence-corrected chi connectivity index (χ3v) is 1.28. The second kappa shape index (κ2) is 17.2. The summed E-state index contributed by atoms with van der Waals surface area (Å²) in [4.78, 5) is 3.90. The van der Waals surface area contributed by atoms with Crippen molar-refractivity contribution in [2.75, 3.05) is 13.2 Å². The van der Waals surface area contributed by atoms with E-state index in [1.165, 1.54) is 5.56 Å². The molecule has 92 valence electrons. The molecule has 0 aliphatic carbocycles. The molecule has 0 aliphatic rings. The molecule has 0 saturated carbocycles. The van der Waals surface area contributed by atoms with Crippen molar-refractivity contribution < 1.29 is 31.9 Å². The molecule has 0 bridgehead atoms. The van der Waals surface area contributed by atoms with Crippen LogP contribution >= 0.6 is 0 Å². The molecule has 16 heavy (non-hydrogen) atoms. The third-order valence-electron chi connectivity index (χ3n) is 1.28. The number of aliphatic hydroxyl groups excluding tert-OH is 2. The van der Waals surface area contributed by atoms with Gasteiger partial charge in [0.2, 0.25) is 0 Å². The monoisotopic (exact) mass is 260 g/mol. The van der Waals surface area contributed by atoms with Crippen LogP contribution in [0.4, 0.5) is 0 Å². The van der Waals surface area contributed by atoms with Crippen LogP contribution in [-0.2, 0) is 21.7 Å². The van der Waals surface area contributed by atoms with E-state index in [0.717, 1.165) is 0 Å². The summed E-state index contributed by atoms with van der Waals surface area (Å²) in [5, 5.41) is 15.1. The van der Waals surface area contributed by atoms with Gasteiger partial charge in [0, 0.05) is 47.3 Å². The second-order valence-corrected chi connectivity index (χ2v) is 2.81. The third kappa shape index (κ3) is 16.2. The molecule has 4 heteroatoms. The van der Waals surface area contributed by atoms with Crippen LogP contribution in [0, 0.1) is 6.92 Å². The van der Waals surface area contributed by atoms with Gasteiger partial charge in [0.25, 0.3) is 0 Å². The van der Waals surface area contributed by atoms with Crippen molar-refractivity contribution in [2.24, 2.45) is 0 Å².